The van der Waals surface area contributed by atoms with Gasteiger partial charge in [0.2, 0.25) is 0 Å². The van der Waals surface area contributed by atoms with Gasteiger partial charge in [0.15, 0.2) is 0 Å². The van der Waals surface area contributed by atoms with Gasteiger partial charge in [0, 0.05) is 33.4 Å². The molecule has 3 nitrogen and oxygen atoms in total. The van der Waals surface area contributed by atoms with E-state index in [2.05, 4.69) is 187 Å². The van der Waals surface area contributed by atoms with E-state index < -0.39 is 0 Å². The van der Waals surface area contributed by atoms with Gasteiger partial charge in [-0.1, -0.05) is 133 Å². The fraction of sp³-hybridized carbons (Fsp3) is 0. The Morgan fingerprint density at radius 2 is 0.925 bits per heavy atom. The standard InChI is InChI=1S/C49H32N2OS/c1-4-11-33(12-5-1)34-19-21-35(22-20-34)38-15-10-18-42(31-38)51(40-16-8-3-9-17-40)41-26-23-36(24-27-41)39-25-28-43-46(32-39)52-45-30-29-44-48(47(43)45)53-49(50-44)37-13-6-2-7-14-37/h1-32H. The van der Waals surface area contributed by atoms with Crippen LogP contribution in [0.5, 0.6) is 0 Å². The number of thiazole rings is 1. The van der Waals surface area contributed by atoms with Crippen LogP contribution in [-0.2, 0) is 0 Å². The number of furan rings is 1. The van der Waals surface area contributed by atoms with Gasteiger partial charge in [0.25, 0.3) is 0 Å². The molecule has 0 amide bonds. The quantitative estimate of drug-likeness (QED) is 0.166. The number of rotatable bonds is 7. The predicted octanol–water partition coefficient (Wildman–Crippen LogP) is 14.3. The molecule has 2 heterocycles. The van der Waals surface area contributed by atoms with Crippen molar-refractivity contribution in [3.05, 3.63) is 194 Å². The third kappa shape index (κ3) is 5.76. The van der Waals surface area contributed by atoms with Crippen molar-refractivity contribution >= 4 is 60.6 Å². The first kappa shape index (κ1) is 31.0. The first-order chi connectivity index (χ1) is 26.2. The Morgan fingerprint density at radius 3 is 1.64 bits per heavy atom. The topological polar surface area (TPSA) is 29.3 Å². The largest absolute Gasteiger partial charge is 0.456 e. The van der Waals surface area contributed by atoms with Crippen LogP contribution in [0.15, 0.2) is 199 Å². The first-order valence-electron chi connectivity index (χ1n) is 17.8. The molecule has 53 heavy (non-hydrogen) atoms. The Balaban J connectivity index is 0.982. The fourth-order valence-electron chi connectivity index (χ4n) is 7.27. The summed E-state index contributed by atoms with van der Waals surface area (Å²) in [6, 6.07) is 68.6. The molecule has 8 aromatic carbocycles. The van der Waals surface area contributed by atoms with Gasteiger partial charge in [-0.15, -0.1) is 11.3 Å². The van der Waals surface area contributed by atoms with Crippen LogP contribution >= 0.6 is 11.3 Å². The van der Waals surface area contributed by atoms with Crippen molar-refractivity contribution in [3.8, 4) is 44.0 Å². The third-order valence-electron chi connectivity index (χ3n) is 9.91. The molecule has 0 spiro atoms. The predicted molar refractivity (Wildman–Crippen MR) is 223 cm³/mol. The van der Waals surface area contributed by atoms with Crippen LogP contribution < -0.4 is 4.90 Å². The highest BCUT2D eigenvalue weighted by atomic mass is 32.1. The number of benzene rings is 8. The second kappa shape index (κ2) is 13.1. The van der Waals surface area contributed by atoms with Crippen molar-refractivity contribution in [1.82, 2.24) is 4.98 Å². The summed E-state index contributed by atoms with van der Waals surface area (Å²) in [6.45, 7) is 0. The van der Waals surface area contributed by atoms with E-state index in [1.807, 2.05) is 12.1 Å². The Labute approximate surface area is 311 Å². The summed E-state index contributed by atoms with van der Waals surface area (Å²) in [5.74, 6) is 0. The van der Waals surface area contributed by atoms with Crippen LogP contribution in [0.1, 0.15) is 0 Å². The highest BCUT2D eigenvalue weighted by Gasteiger charge is 2.17. The highest BCUT2D eigenvalue weighted by molar-refractivity contribution is 7.22. The molecule has 0 fully saturated rings. The van der Waals surface area contributed by atoms with Crippen molar-refractivity contribution in [1.29, 1.82) is 0 Å². The van der Waals surface area contributed by atoms with E-state index in [1.165, 1.54) is 22.3 Å². The van der Waals surface area contributed by atoms with E-state index in [0.717, 1.165) is 70.9 Å². The Hall–Kier alpha value is -6.75. The molecule has 0 N–H and O–H groups in total. The maximum atomic E-state index is 6.46. The van der Waals surface area contributed by atoms with E-state index in [1.54, 1.807) is 11.3 Å². The molecule has 0 bridgehead atoms. The summed E-state index contributed by atoms with van der Waals surface area (Å²) >= 11 is 1.72. The molecule has 250 valence electrons. The molecule has 10 rings (SSSR count). The third-order valence-corrected chi connectivity index (χ3v) is 11.1. The molecule has 0 radical (unpaired) electrons. The lowest BCUT2D eigenvalue weighted by Gasteiger charge is -2.26. The second-order valence-electron chi connectivity index (χ2n) is 13.2. The molecule has 0 unspecified atom stereocenters. The van der Waals surface area contributed by atoms with E-state index in [4.69, 9.17) is 9.40 Å². The number of anilines is 3. The molecule has 0 saturated heterocycles. The lowest BCUT2D eigenvalue weighted by Crippen LogP contribution is -2.09. The molecular weight excluding hydrogens is 665 g/mol. The van der Waals surface area contributed by atoms with Gasteiger partial charge in [-0.3, -0.25) is 0 Å². The summed E-state index contributed by atoms with van der Waals surface area (Å²) in [5.41, 5.74) is 14.2. The van der Waals surface area contributed by atoms with Crippen LogP contribution in [0.4, 0.5) is 17.1 Å². The maximum Gasteiger partial charge on any atom is 0.137 e. The zero-order valence-corrected chi connectivity index (χ0v) is 29.5. The zero-order valence-electron chi connectivity index (χ0n) is 28.7. The maximum absolute atomic E-state index is 6.46. The number of nitrogens with zero attached hydrogens (tertiary/aromatic N) is 2. The van der Waals surface area contributed by atoms with Gasteiger partial charge in [0.1, 0.15) is 16.2 Å². The molecule has 0 aliphatic carbocycles. The monoisotopic (exact) mass is 696 g/mol. The Bertz CT molecular complexity index is 2860. The summed E-state index contributed by atoms with van der Waals surface area (Å²) < 4.78 is 7.62. The van der Waals surface area contributed by atoms with Gasteiger partial charge in [-0.2, -0.15) is 0 Å². The van der Waals surface area contributed by atoms with Crippen molar-refractivity contribution in [3.63, 3.8) is 0 Å². The van der Waals surface area contributed by atoms with Crippen LogP contribution in [0.25, 0.3) is 76.1 Å². The molecule has 0 aliphatic rings. The SMILES string of the molecule is c1ccc(-c2ccc(-c3cccc(N(c4ccccc4)c4ccc(-c5ccc6c(c5)oc5ccc7nc(-c8ccccc8)sc7c56)cc4)c3)cc2)cc1. The van der Waals surface area contributed by atoms with Gasteiger partial charge in [-0.05, 0) is 94.0 Å². The minimum Gasteiger partial charge on any atom is -0.456 e. The van der Waals surface area contributed by atoms with Gasteiger partial charge in [0.05, 0.1) is 10.2 Å². The minimum absolute atomic E-state index is 0.878. The van der Waals surface area contributed by atoms with Crippen molar-refractivity contribution in [2.45, 2.75) is 0 Å². The Kier molecular flexibility index (Phi) is 7.67. The first-order valence-corrected chi connectivity index (χ1v) is 18.6. The van der Waals surface area contributed by atoms with Crippen LogP contribution in [0, 0.1) is 0 Å². The number of para-hydroxylation sites is 1. The minimum atomic E-state index is 0.878. The van der Waals surface area contributed by atoms with Crippen LogP contribution in [0.3, 0.4) is 0 Å². The van der Waals surface area contributed by atoms with E-state index in [-0.39, 0.29) is 0 Å². The van der Waals surface area contributed by atoms with E-state index in [0.29, 0.717) is 0 Å². The molecule has 0 saturated carbocycles. The number of hydrogen-bond acceptors (Lipinski definition) is 4. The molecule has 4 heteroatoms. The summed E-state index contributed by atoms with van der Waals surface area (Å²) in [7, 11) is 0. The molecule has 10 aromatic rings. The molecular formula is C49H32N2OS. The van der Waals surface area contributed by atoms with Crippen LogP contribution in [-0.4, -0.2) is 4.98 Å². The normalized spacial score (nSPS) is 11.4. The lowest BCUT2D eigenvalue weighted by atomic mass is 9.99. The smallest absolute Gasteiger partial charge is 0.137 e. The number of fused-ring (bicyclic) bond motifs is 5. The van der Waals surface area contributed by atoms with E-state index >= 15 is 0 Å². The van der Waals surface area contributed by atoms with Gasteiger partial charge < -0.3 is 9.32 Å². The van der Waals surface area contributed by atoms with Crippen LogP contribution in [0.2, 0.25) is 0 Å². The molecule has 2 aromatic heterocycles. The summed E-state index contributed by atoms with van der Waals surface area (Å²) in [6.07, 6.45) is 0. The summed E-state index contributed by atoms with van der Waals surface area (Å²) in [4.78, 5) is 7.27. The highest BCUT2D eigenvalue weighted by Crippen LogP contribution is 2.42. The van der Waals surface area contributed by atoms with Gasteiger partial charge >= 0.3 is 0 Å². The second-order valence-corrected chi connectivity index (χ2v) is 14.2. The van der Waals surface area contributed by atoms with Crippen molar-refractivity contribution in [2.75, 3.05) is 4.90 Å². The lowest BCUT2D eigenvalue weighted by molar-refractivity contribution is 0.669. The average Bonchev–Trinajstić information content (AvgIpc) is 3.84. The van der Waals surface area contributed by atoms with E-state index in [9.17, 15) is 0 Å². The number of aromatic nitrogens is 1. The zero-order chi connectivity index (χ0) is 35.1. The fourth-order valence-corrected chi connectivity index (χ4v) is 8.39. The number of hydrogen-bond donors (Lipinski definition) is 0. The van der Waals surface area contributed by atoms with Gasteiger partial charge in [-0.25, -0.2) is 4.98 Å². The van der Waals surface area contributed by atoms with Crippen molar-refractivity contribution < 1.29 is 4.42 Å². The Morgan fingerprint density at radius 1 is 0.396 bits per heavy atom. The average molecular weight is 697 g/mol. The summed E-state index contributed by atoms with van der Waals surface area (Å²) in [5, 5.41) is 3.26. The van der Waals surface area contributed by atoms with Crippen molar-refractivity contribution in [2.24, 2.45) is 0 Å². The molecule has 0 atom stereocenters. The molecule has 0 aliphatic heterocycles.